The van der Waals surface area contributed by atoms with E-state index in [1.807, 2.05) is 48.2 Å². The van der Waals surface area contributed by atoms with E-state index in [1.165, 1.54) is 0 Å². The van der Waals surface area contributed by atoms with Crippen molar-refractivity contribution in [1.29, 1.82) is 0 Å². The Balaban J connectivity index is 1.15. The van der Waals surface area contributed by atoms with Gasteiger partial charge < -0.3 is 19.5 Å². The van der Waals surface area contributed by atoms with Gasteiger partial charge in [0.15, 0.2) is 11.4 Å². The molecule has 3 heterocycles. The maximum Gasteiger partial charge on any atom is 0.253 e. The van der Waals surface area contributed by atoms with E-state index in [0.717, 1.165) is 41.0 Å². The van der Waals surface area contributed by atoms with Gasteiger partial charge >= 0.3 is 0 Å². The number of aromatic nitrogens is 2. The van der Waals surface area contributed by atoms with Crippen molar-refractivity contribution >= 4 is 56.8 Å². The predicted molar refractivity (Wildman–Crippen MR) is 143 cm³/mol. The van der Waals surface area contributed by atoms with Gasteiger partial charge in [-0.15, -0.1) is 0 Å². The Labute approximate surface area is 213 Å². The molecule has 0 saturated carbocycles. The number of furan rings is 1. The van der Waals surface area contributed by atoms with Crippen molar-refractivity contribution in [3.63, 3.8) is 0 Å². The number of benzene rings is 3. The van der Waals surface area contributed by atoms with E-state index in [2.05, 4.69) is 32.3 Å². The molecule has 2 aromatic heterocycles. The van der Waals surface area contributed by atoms with Gasteiger partial charge in [0.25, 0.3) is 5.91 Å². The zero-order chi connectivity index (χ0) is 24.6. The number of hydrogen-bond donors (Lipinski definition) is 1. The molecule has 5 aromatic rings. The van der Waals surface area contributed by atoms with E-state index in [-0.39, 0.29) is 5.91 Å². The summed E-state index contributed by atoms with van der Waals surface area (Å²) in [7, 11) is 0. The number of nitrogens with zero attached hydrogens (tertiary/aromatic N) is 4. The number of piperazine rings is 1. The van der Waals surface area contributed by atoms with Crippen LogP contribution in [0.1, 0.15) is 16.2 Å². The number of amides is 1. The third-order valence-electron chi connectivity index (χ3n) is 6.48. The van der Waals surface area contributed by atoms with E-state index < -0.39 is 0 Å². The molecule has 1 aliphatic rings. The molecule has 36 heavy (non-hydrogen) atoms. The molecule has 6 rings (SSSR count). The molecule has 0 bridgehead atoms. The van der Waals surface area contributed by atoms with Crippen molar-refractivity contribution in [2.24, 2.45) is 0 Å². The second-order valence-electron chi connectivity index (χ2n) is 8.85. The topological polar surface area (TPSA) is 74.5 Å². The highest BCUT2D eigenvalue weighted by Gasteiger charge is 2.22. The van der Waals surface area contributed by atoms with Crippen molar-refractivity contribution in [2.45, 2.75) is 6.92 Å². The Hall–Kier alpha value is -4.10. The number of aryl methyl sites for hydroxylation is 1. The molecule has 8 heteroatoms. The van der Waals surface area contributed by atoms with Gasteiger partial charge in [-0.05, 0) is 67.6 Å². The number of carbonyl (C=O) groups excluding carboxylic acids is 1. The minimum absolute atomic E-state index is 0.0444. The summed E-state index contributed by atoms with van der Waals surface area (Å²) in [4.78, 5) is 26.2. The molecule has 0 aliphatic carbocycles. The van der Waals surface area contributed by atoms with Crippen LogP contribution in [0.2, 0.25) is 5.02 Å². The van der Waals surface area contributed by atoms with Crippen molar-refractivity contribution in [2.75, 3.05) is 36.4 Å². The molecule has 3 aromatic carbocycles. The molecular weight excluding hydrogens is 474 g/mol. The first kappa shape index (κ1) is 22.4. The van der Waals surface area contributed by atoms with Gasteiger partial charge in [0.05, 0.1) is 0 Å². The minimum Gasteiger partial charge on any atom is -0.450 e. The van der Waals surface area contributed by atoms with Crippen molar-refractivity contribution in [3.8, 4) is 0 Å². The van der Waals surface area contributed by atoms with Crippen LogP contribution >= 0.6 is 11.6 Å². The zero-order valence-electron chi connectivity index (χ0n) is 19.7. The summed E-state index contributed by atoms with van der Waals surface area (Å²) in [5.41, 5.74) is 4.94. The van der Waals surface area contributed by atoms with Crippen LogP contribution in [0.15, 0.2) is 77.2 Å². The Morgan fingerprint density at radius 3 is 2.39 bits per heavy atom. The monoisotopic (exact) mass is 497 g/mol. The molecule has 180 valence electrons. The maximum atomic E-state index is 12.8. The van der Waals surface area contributed by atoms with Gasteiger partial charge in [0.1, 0.15) is 16.9 Å². The lowest BCUT2D eigenvalue weighted by Gasteiger charge is -2.36. The molecule has 1 saturated heterocycles. The summed E-state index contributed by atoms with van der Waals surface area (Å²) in [5, 5.41) is 5.00. The van der Waals surface area contributed by atoms with E-state index in [1.54, 1.807) is 24.3 Å². The van der Waals surface area contributed by atoms with Gasteiger partial charge in [-0.25, -0.2) is 9.97 Å². The number of para-hydroxylation sites is 1. The first-order valence-electron chi connectivity index (χ1n) is 11.9. The zero-order valence-corrected chi connectivity index (χ0v) is 20.5. The fraction of sp³-hybridized carbons (Fsp3) is 0.179. The molecule has 0 radical (unpaired) electrons. The summed E-state index contributed by atoms with van der Waals surface area (Å²) in [6.07, 6.45) is 0. The Morgan fingerprint density at radius 1 is 0.917 bits per heavy atom. The highest BCUT2D eigenvalue weighted by Crippen LogP contribution is 2.33. The number of anilines is 3. The van der Waals surface area contributed by atoms with E-state index in [9.17, 15) is 4.79 Å². The third-order valence-corrected chi connectivity index (χ3v) is 6.74. The smallest absolute Gasteiger partial charge is 0.253 e. The molecule has 7 nitrogen and oxygen atoms in total. The number of rotatable bonds is 4. The van der Waals surface area contributed by atoms with E-state index in [0.29, 0.717) is 40.9 Å². The van der Waals surface area contributed by atoms with Crippen LogP contribution in [-0.2, 0) is 0 Å². The lowest BCUT2D eigenvalue weighted by Crippen LogP contribution is -2.48. The first-order chi connectivity index (χ1) is 17.5. The number of fused-ring (bicyclic) bond motifs is 3. The second-order valence-corrected chi connectivity index (χ2v) is 9.29. The normalized spacial score (nSPS) is 13.9. The summed E-state index contributed by atoms with van der Waals surface area (Å²) < 4.78 is 6.06. The molecular formula is C28H24ClN5O2. The van der Waals surface area contributed by atoms with Crippen LogP contribution in [0.25, 0.3) is 22.1 Å². The largest absolute Gasteiger partial charge is 0.450 e. The van der Waals surface area contributed by atoms with Crippen LogP contribution in [0, 0.1) is 6.92 Å². The van der Waals surface area contributed by atoms with Gasteiger partial charge in [-0.1, -0.05) is 23.7 Å². The Bertz CT molecular complexity index is 1560. The lowest BCUT2D eigenvalue weighted by atomic mass is 10.1. The molecule has 1 fully saturated rings. The van der Waals surface area contributed by atoms with Gasteiger partial charge in [0.2, 0.25) is 0 Å². The maximum absolute atomic E-state index is 12.8. The summed E-state index contributed by atoms with van der Waals surface area (Å²) in [5.74, 6) is 1.37. The number of carbonyl (C=O) groups is 1. The number of hydrogen-bond acceptors (Lipinski definition) is 6. The van der Waals surface area contributed by atoms with Crippen LogP contribution in [-0.4, -0.2) is 47.0 Å². The molecule has 1 aliphatic heterocycles. The number of nitrogens with one attached hydrogen (secondary N) is 1. The predicted octanol–water partition coefficient (Wildman–Crippen LogP) is 6.04. The summed E-state index contributed by atoms with van der Waals surface area (Å²) >= 11 is 5.95. The van der Waals surface area contributed by atoms with Crippen molar-refractivity contribution in [3.05, 3.63) is 89.2 Å². The quantitative estimate of drug-likeness (QED) is 0.326. The second kappa shape index (κ2) is 9.17. The molecule has 1 amide bonds. The highest BCUT2D eigenvalue weighted by atomic mass is 35.5. The van der Waals surface area contributed by atoms with Crippen LogP contribution in [0.3, 0.4) is 0 Å². The number of halogens is 1. The fourth-order valence-electron chi connectivity index (χ4n) is 4.62. The van der Waals surface area contributed by atoms with Crippen LogP contribution in [0.5, 0.6) is 0 Å². The van der Waals surface area contributed by atoms with Gasteiger partial charge in [-0.2, -0.15) is 0 Å². The van der Waals surface area contributed by atoms with Gasteiger partial charge in [-0.3, -0.25) is 4.79 Å². The van der Waals surface area contributed by atoms with Crippen LogP contribution in [0.4, 0.5) is 17.2 Å². The highest BCUT2D eigenvalue weighted by molar-refractivity contribution is 6.30. The molecule has 0 spiro atoms. The minimum atomic E-state index is 0.0444. The molecule has 1 N–H and O–H groups in total. The van der Waals surface area contributed by atoms with Gasteiger partial charge in [0, 0.05) is 53.5 Å². The fourth-order valence-corrected chi connectivity index (χ4v) is 4.75. The van der Waals surface area contributed by atoms with Crippen LogP contribution < -0.4 is 10.2 Å². The Morgan fingerprint density at radius 2 is 1.64 bits per heavy atom. The van der Waals surface area contributed by atoms with E-state index >= 15 is 0 Å². The summed E-state index contributed by atoms with van der Waals surface area (Å²) in [6, 6.07) is 23.2. The Kier molecular flexibility index (Phi) is 5.70. The third kappa shape index (κ3) is 4.22. The molecule has 0 atom stereocenters. The average molecular weight is 498 g/mol. The van der Waals surface area contributed by atoms with Crippen molar-refractivity contribution < 1.29 is 9.21 Å². The van der Waals surface area contributed by atoms with E-state index in [4.69, 9.17) is 16.0 Å². The lowest BCUT2D eigenvalue weighted by molar-refractivity contribution is 0.0747. The summed E-state index contributed by atoms with van der Waals surface area (Å²) in [6.45, 7) is 4.78. The first-order valence-corrected chi connectivity index (χ1v) is 12.3. The van der Waals surface area contributed by atoms with Crippen molar-refractivity contribution in [1.82, 2.24) is 14.9 Å². The standard InChI is InChI=1S/C28H24ClN5O2/c1-18-30-25-23-4-2-3-5-24(23)36-26(25)27(31-18)32-21-10-12-22(13-11-21)33-14-16-34(17-15-33)28(35)19-6-8-20(29)9-7-19/h2-13H,14-17H2,1H3,(H,30,31,32). The molecule has 0 unspecified atom stereocenters. The SMILES string of the molecule is Cc1nc(Nc2ccc(N3CCN(C(=O)c4ccc(Cl)cc4)CC3)cc2)c2oc3ccccc3c2n1. The average Bonchev–Trinajstić information content (AvgIpc) is 3.28.